The predicted molar refractivity (Wildman–Crippen MR) is 86.2 cm³/mol. The molecule has 0 fully saturated rings. The van der Waals surface area contributed by atoms with Crippen molar-refractivity contribution in [3.8, 4) is 11.5 Å². The van der Waals surface area contributed by atoms with Crippen molar-refractivity contribution in [1.29, 1.82) is 0 Å². The first-order valence-corrected chi connectivity index (χ1v) is 7.49. The molecule has 3 heterocycles. The second-order valence-electron chi connectivity index (χ2n) is 4.82. The largest absolute Gasteiger partial charge is 0.222 e. The number of hydrogen-bond acceptors (Lipinski definition) is 4. The average molecular weight is 355 g/mol. The van der Waals surface area contributed by atoms with Gasteiger partial charge in [0.25, 0.3) is 0 Å². The summed E-state index contributed by atoms with van der Waals surface area (Å²) in [6, 6.07) is 9.81. The second-order valence-corrected chi connectivity index (χ2v) is 5.74. The van der Waals surface area contributed by atoms with Crippen LogP contribution in [0, 0.1) is 6.92 Å². The maximum atomic E-state index is 4.62. The summed E-state index contributed by atoms with van der Waals surface area (Å²) >= 11 is 3.44. The van der Waals surface area contributed by atoms with Gasteiger partial charge in [0, 0.05) is 16.9 Å². The third-order valence-electron chi connectivity index (χ3n) is 3.41. The zero-order valence-corrected chi connectivity index (χ0v) is 13.3. The Morgan fingerprint density at radius 3 is 2.64 bits per heavy atom. The van der Waals surface area contributed by atoms with Crippen LogP contribution in [0.15, 0.2) is 53.5 Å². The highest BCUT2D eigenvalue weighted by atomic mass is 79.9. The van der Waals surface area contributed by atoms with Crippen LogP contribution in [0.25, 0.3) is 22.5 Å². The van der Waals surface area contributed by atoms with E-state index >= 15 is 0 Å². The molecule has 0 aliphatic carbocycles. The molecule has 0 saturated carbocycles. The smallest absolute Gasteiger partial charge is 0.168 e. The van der Waals surface area contributed by atoms with Crippen LogP contribution in [0.4, 0.5) is 0 Å². The number of hydrogen-bond donors (Lipinski definition) is 0. The lowest BCUT2D eigenvalue weighted by molar-refractivity contribution is 0.848. The van der Waals surface area contributed by atoms with Gasteiger partial charge < -0.3 is 0 Å². The quantitative estimate of drug-likeness (QED) is 0.555. The Morgan fingerprint density at radius 1 is 1.09 bits per heavy atom. The van der Waals surface area contributed by atoms with Gasteiger partial charge in [-0.25, -0.2) is 19.3 Å². The first-order valence-electron chi connectivity index (χ1n) is 6.70. The first-order chi connectivity index (χ1) is 10.7. The minimum atomic E-state index is 0.732. The Hall–Kier alpha value is -2.54. The van der Waals surface area contributed by atoms with Crippen LogP contribution >= 0.6 is 15.9 Å². The van der Waals surface area contributed by atoms with Gasteiger partial charge in [0.15, 0.2) is 11.5 Å². The molecule has 0 bridgehead atoms. The zero-order valence-electron chi connectivity index (χ0n) is 11.7. The molecule has 0 spiro atoms. The van der Waals surface area contributed by atoms with Gasteiger partial charge in [-0.15, -0.1) is 0 Å². The lowest BCUT2D eigenvalue weighted by Gasteiger charge is -2.04. The summed E-state index contributed by atoms with van der Waals surface area (Å²) < 4.78 is 4.58. The monoisotopic (exact) mass is 354 g/mol. The van der Waals surface area contributed by atoms with Crippen LogP contribution in [0.2, 0.25) is 0 Å². The molecule has 108 valence electrons. The molecule has 3 aromatic heterocycles. The van der Waals surface area contributed by atoms with E-state index in [2.05, 4.69) is 36.1 Å². The van der Waals surface area contributed by atoms with Crippen molar-refractivity contribution >= 4 is 27.0 Å². The van der Waals surface area contributed by atoms with Gasteiger partial charge in [-0.3, -0.25) is 0 Å². The third kappa shape index (κ3) is 2.01. The lowest BCUT2D eigenvalue weighted by Crippen LogP contribution is -2.01. The SMILES string of the molecule is Cc1nn(-c2ccc(Br)cc2)c2ncnc(-n3cccn3)c12. The molecular formula is C15H11BrN6. The summed E-state index contributed by atoms with van der Waals surface area (Å²) in [6.07, 6.45) is 5.12. The highest BCUT2D eigenvalue weighted by Gasteiger charge is 2.16. The molecular weight excluding hydrogens is 344 g/mol. The summed E-state index contributed by atoms with van der Waals surface area (Å²) in [5.41, 5.74) is 2.58. The number of halogens is 1. The molecule has 1 aromatic carbocycles. The molecule has 0 N–H and O–H groups in total. The molecule has 4 aromatic rings. The van der Waals surface area contributed by atoms with Crippen molar-refractivity contribution in [2.24, 2.45) is 0 Å². The van der Waals surface area contributed by atoms with E-state index in [0.29, 0.717) is 0 Å². The van der Waals surface area contributed by atoms with Crippen LogP contribution < -0.4 is 0 Å². The van der Waals surface area contributed by atoms with Crippen molar-refractivity contribution in [3.63, 3.8) is 0 Å². The molecule has 0 amide bonds. The van der Waals surface area contributed by atoms with Gasteiger partial charge in [-0.1, -0.05) is 15.9 Å². The van der Waals surface area contributed by atoms with E-state index in [1.807, 2.05) is 48.1 Å². The van der Waals surface area contributed by atoms with Crippen LogP contribution in [-0.4, -0.2) is 29.5 Å². The number of aryl methyl sites for hydroxylation is 1. The van der Waals surface area contributed by atoms with E-state index in [4.69, 9.17) is 0 Å². The second kappa shape index (κ2) is 5.03. The van der Waals surface area contributed by atoms with E-state index in [9.17, 15) is 0 Å². The molecule has 0 radical (unpaired) electrons. The van der Waals surface area contributed by atoms with E-state index in [0.717, 1.165) is 32.7 Å². The van der Waals surface area contributed by atoms with Gasteiger partial charge in [0.1, 0.15) is 6.33 Å². The Labute approximate surface area is 134 Å². The first kappa shape index (κ1) is 13.1. The highest BCUT2D eigenvalue weighted by molar-refractivity contribution is 9.10. The van der Waals surface area contributed by atoms with E-state index in [1.54, 1.807) is 10.9 Å². The van der Waals surface area contributed by atoms with Gasteiger partial charge in [-0.2, -0.15) is 10.2 Å². The maximum absolute atomic E-state index is 4.62. The maximum Gasteiger partial charge on any atom is 0.168 e. The Bertz CT molecular complexity index is 940. The summed E-state index contributed by atoms with van der Waals surface area (Å²) in [5.74, 6) is 0.732. The van der Waals surface area contributed by atoms with Crippen molar-refractivity contribution in [2.45, 2.75) is 6.92 Å². The molecule has 0 aliphatic rings. The van der Waals surface area contributed by atoms with Crippen LogP contribution in [0.5, 0.6) is 0 Å². The van der Waals surface area contributed by atoms with Crippen molar-refractivity contribution in [1.82, 2.24) is 29.5 Å². The van der Waals surface area contributed by atoms with Crippen molar-refractivity contribution in [3.05, 3.63) is 59.2 Å². The Balaban J connectivity index is 1.99. The molecule has 0 atom stereocenters. The summed E-state index contributed by atoms with van der Waals surface area (Å²) in [5, 5.41) is 9.77. The number of fused-ring (bicyclic) bond motifs is 1. The van der Waals surface area contributed by atoms with Crippen molar-refractivity contribution < 1.29 is 0 Å². The van der Waals surface area contributed by atoms with Gasteiger partial charge in [0.2, 0.25) is 0 Å². The number of benzene rings is 1. The summed E-state index contributed by atoms with van der Waals surface area (Å²) in [7, 11) is 0. The molecule has 7 heteroatoms. The molecule has 0 saturated heterocycles. The van der Waals surface area contributed by atoms with E-state index in [-0.39, 0.29) is 0 Å². The third-order valence-corrected chi connectivity index (χ3v) is 3.94. The van der Waals surface area contributed by atoms with Gasteiger partial charge >= 0.3 is 0 Å². The molecule has 4 rings (SSSR count). The van der Waals surface area contributed by atoms with Crippen LogP contribution in [-0.2, 0) is 0 Å². The number of nitrogens with zero attached hydrogens (tertiary/aromatic N) is 6. The highest BCUT2D eigenvalue weighted by Crippen LogP contribution is 2.24. The van der Waals surface area contributed by atoms with Gasteiger partial charge in [0.05, 0.1) is 16.8 Å². The van der Waals surface area contributed by atoms with Gasteiger partial charge in [-0.05, 0) is 37.3 Å². The van der Waals surface area contributed by atoms with Crippen LogP contribution in [0.3, 0.4) is 0 Å². The Kier molecular flexibility index (Phi) is 3.00. The lowest BCUT2D eigenvalue weighted by atomic mass is 10.3. The molecule has 0 aliphatic heterocycles. The van der Waals surface area contributed by atoms with Crippen LogP contribution in [0.1, 0.15) is 5.69 Å². The normalized spacial score (nSPS) is 11.2. The standard InChI is InChI=1S/C15H11BrN6/c1-10-13-14(21-8-2-7-19-21)17-9-18-15(13)22(20-10)12-5-3-11(16)4-6-12/h2-9H,1H3. The predicted octanol–water partition coefficient (Wildman–Crippen LogP) is 3.07. The minimum Gasteiger partial charge on any atom is -0.222 e. The fourth-order valence-corrected chi connectivity index (χ4v) is 2.69. The van der Waals surface area contributed by atoms with Crippen molar-refractivity contribution in [2.75, 3.05) is 0 Å². The zero-order chi connectivity index (χ0) is 15.1. The number of aromatic nitrogens is 6. The minimum absolute atomic E-state index is 0.732. The van der Waals surface area contributed by atoms with E-state index in [1.165, 1.54) is 6.33 Å². The Morgan fingerprint density at radius 2 is 1.91 bits per heavy atom. The fourth-order valence-electron chi connectivity index (χ4n) is 2.43. The molecule has 0 unspecified atom stereocenters. The molecule has 22 heavy (non-hydrogen) atoms. The summed E-state index contributed by atoms with van der Waals surface area (Å²) in [4.78, 5) is 8.77. The van der Waals surface area contributed by atoms with E-state index < -0.39 is 0 Å². The fraction of sp³-hybridized carbons (Fsp3) is 0.0667. The topological polar surface area (TPSA) is 61.4 Å². The molecule has 6 nitrogen and oxygen atoms in total. The summed E-state index contributed by atoms with van der Waals surface area (Å²) in [6.45, 7) is 1.95. The number of rotatable bonds is 2. The average Bonchev–Trinajstić information content (AvgIpc) is 3.17.